The molecule has 2 saturated carbocycles. The van der Waals surface area contributed by atoms with Gasteiger partial charge in [-0.15, -0.1) is 0 Å². The lowest BCUT2D eigenvalue weighted by molar-refractivity contribution is -0.0314. The zero-order valence-electron chi connectivity index (χ0n) is 23.8. The van der Waals surface area contributed by atoms with Crippen molar-refractivity contribution in [1.82, 2.24) is 5.32 Å². The van der Waals surface area contributed by atoms with Gasteiger partial charge in [-0.3, -0.25) is 9.13 Å². The number of fused-ring (bicyclic) bond motifs is 5. The van der Waals surface area contributed by atoms with Gasteiger partial charge in [-0.2, -0.15) is 0 Å². The van der Waals surface area contributed by atoms with Crippen LogP contribution in [-0.2, 0) is 26.9 Å². The Labute approximate surface area is 246 Å². The lowest BCUT2D eigenvalue weighted by atomic mass is 9.55. The third-order valence-electron chi connectivity index (χ3n) is 9.79. The van der Waals surface area contributed by atoms with Gasteiger partial charge in [-0.1, -0.05) is 43.3 Å². The van der Waals surface area contributed by atoms with E-state index in [1.54, 1.807) is 0 Å². The standard InChI is InChI=1S/C30H41NO9P2/c1-30-16-15-24-23-12-10-22(39-19-20-6-3-2-4-7-20)18-21(23)9-11-25(24)26(30)13-14-27(30)40-29(32)31-17-5-8-28(41(33,34)35)42(36,37)38/h2-4,6-7,10,12,18,24-28H,5,8-9,11,13-17,19H2,1H3,(H,31,32)(H2,33,34,35)(H2,36,37,38)/t24-,25-,26+,27+,30+/m1/s1. The van der Waals surface area contributed by atoms with Crippen LogP contribution in [0.5, 0.6) is 5.75 Å². The van der Waals surface area contributed by atoms with Crippen LogP contribution in [0.4, 0.5) is 4.79 Å². The molecule has 2 aromatic carbocycles. The van der Waals surface area contributed by atoms with Gasteiger partial charge in [-0.25, -0.2) is 4.79 Å². The molecule has 1 amide bonds. The quantitative estimate of drug-likeness (QED) is 0.166. The Bertz CT molecular complexity index is 1340. The molecule has 2 fully saturated rings. The molecule has 0 radical (unpaired) electrons. The van der Waals surface area contributed by atoms with Crippen molar-refractivity contribution in [1.29, 1.82) is 0 Å². The van der Waals surface area contributed by atoms with E-state index in [2.05, 4.69) is 42.6 Å². The maximum Gasteiger partial charge on any atom is 0.407 e. The monoisotopic (exact) mass is 621 g/mol. The van der Waals surface area contributed by atoms with Gasteiger partial charge < -0.3 is 34.4 Å². The number of hydrogen-bond donors (Lipinski definition) is 5. The van der Waals surface area contributed by atoms with Crippen LogP contribution in [-0.4, -0.2) is 43.7 Å². The van der Waals surface area contributed by atoms with Crippen LogP contribution in [0.15, 0.2) is 48.5 Å². The van der Waals surface area contributed by atoms with Crippen molar-refractivity contribution < 1.29 is 43.0 Å². The minimum absolute atomic E-state index is 0.000725. The highest BCUT2D eigenvalue weighted by molar-refractivity contribution is 7.70. The van der Waals surface area contributed by atoms with Crippen molar-refractivity contribution in [2.75, 3.05) is 6.54 Å². The molecule has 12 heteroatoms. The summed E-state index contributed by atoms with van der Waals surface area (Å²) in [5.41, 5.74) is 3.81. The van der Waals surface area contributed by atoms with E-state index in [9.17, 15) is 33.5 Å². The van der Waals surface area contributed by atoms with Gasteiger partial charge in [0.05, 0.1) is 0 Å². The number of hydrogen-bond acceptors (Lipinski definition) is 5. The van der Waals surface area contributed by atoms with E-state index in [0.717, 1.165) is 49.8 Å². The number of alkyl carbamates (subject to hydrolysis) is 1. The van der Waals surface area contributed by atoms with E-state index in [-0.39, 0.29) is 24.5 Å². The van der Waals surface area contributed by atoms with Crippen molar-refractivity contribution >= 4 is 21.3 Å². The minimum atomic E-state index is -4.97. The van der Waals surface area contributed by atoms with Crippen LogP contribution in [0.1, 0.15) is 74.5 Å². The second-order valence-electron chi connectivity index (χ2n) is 12.3. The molecule has 5 rings (SSSR count). The second kappa shape index (κ2) is 12.4. The molecule has 0 spiro atoms. The average molecular weight is 622 g/mol. The second-order valence-corrected chi connectivity index (χ2v) is 16.3. The van der Waals surface area contributed by atoms with Crippen LogP contribution < -0.4 is 10.1 Å². The molecular formula is C30H41NO9P2. The summed E-state index contributed by atoms with van der Waals surface area (Å²) < 4.78 is 34.9. The van der Waals surface area contributed by atoms with Crippen molar-refractivity contribution in [2.45, 2.75) is 82.3 Å². The molecule has 0 heterocycles. The first kappa shape index (κ1) is 31.2. The summed E-state index contributed by atoms with van der Waals surface area (Å²) in [4.78, 5) is 49.7. The van der Waals surface area contributed by atoms with Crippen molar-refractivity contribution in [3.8, 4) is 5.75 Å². The fraction of sp³-hybridized carbons (Fsp3) is 0.567. The number of rotatable bonds is 10. The predicted molar refractivity (Wildman–Crippen MR) is 157 cm³/mol. The molecule has 230 valence electrons. The third kappa shape index (κ3) is 6.80. The van der Waals surface area contributed by atoms with Crippen LogP contribution in [0.25, 0.3) is 0 Å². The molecule has 10 nitrogen and oxygen atoms in total. The van der Waals surface area contributed by atoms with Gasteiger partial charge in [0.15, 0.2) is 5.40 Å². The Morgan fingerprint density at radius 2 is 1.76 bits per heavy atom. The summed E-state index contributed by atoms with van der Waals surface area (Å²) in [5, 5.41) is 0.529. The van der Waals surface area contributed by atoms with Crippen molar-refractivity contribution in [3.63, 3.8) is 0 Å². The highest BCUT2D eigenvalue weighted by Gasteiger charge is 2.56. The van der Waals surface area contributed by atoms with E-state index < -0.39 is 33.1 Å². The molecule has 0 unspecified atom stereocenters. The number of benzene rings is 2. The Balaban J connectivity index is 1.15. The maximum absolute atomic E-state index is 12.6. The SMILES string of the molecule is C[C@]12CC[C@@H]3c4ccc(OCc5ccccc5)cc4CC[C@H]3[C@@H]1CC[C@@H]2OC(=O)NCCCC(P(=O)(O)O)P(=O)(O)O. The summed E-state index contributed by atoms with van der Waals surface area (Å²) in [6, 6.07) is 16.7. The highest BCUT2D eigenvalue weighted by atomic mass is 31.2. The minimum Gasteiger partial charge on any atom is -0.489 e. The van der Waals surface area contributed by atoms with Crippen molar-refractivity contribution in [2.24, 2.45) is 17.3 Å². The molecule has 0 aliphatic heterocycles. The number of carbonyl (C=O) groups excluding carboxylic acids is 1. The summed E-state index contributed by atoms with van der Waals surface area (Å²) in [6.45, 7) is 2.78. The molecular weight excluding hydrogens is 580 g/mol. The molecule has 42 heavy (non-hydrogen) atoms. The first-order chi connectivity index (χ1) is 19.9. The number of aryl methyl sites for hydroxylation is 1. The Hall–Kier alpha value is -2.19. The fourth-order valence-corrected chi connectivity index (χ4v) is 10.3. The van der Waals surface area contributed by atoms with Crippen LogP contribution in [0.3, 0.4) is 0 Å². The topological polar surface area (TPSA) is 163 Å². The Kier molecular flexibility index (Phi) is 9.25. The lowest BCUT2D eigenvalue weighted by Crippen LogP contribution is -2.46. The van der Waals surface area contributed by atoms with Gasteiger partial charge in [0.1, 0.15) is 18.5 Å². The largest absolute Gasteiger partial charge is 0.489 e. The molecule has 5 N–H and O–H groups in total. The van der Waals surface area contributed by atoms with Crippen LogP contribution >= 0.6 is 15.2 Å². The summed E-state index contributed by atoms with van der Waals surface area (Å²) in [7, 11) is -9.95. The normalized spacial score (nSPS) is 27.1. The fourth-order valence-electron chi connectivity index (χ4n) is 7.71. The molecule has 0 bridgehead atoms. The Morgan fingerprint density at radius 3 is 2.48 bits per heavy atom. The number of carbonyl (C=O) groups is 1. The van der Waals surface area contributed by atoms with E-state index in [4.69, 9.17) is 9.47 Å². The molecule has 0 saturated heterocycles. The molecule has 2 aromatic rings. The molecule has 5 atom stereocenters. The zero-order chi connectivity index (χ0) is 30.1. The third-order valence-corrected chi connectivity index (χ3v) is 13.7. The molecule has 3 aliphatic carbocycles. The maximum atomic E-state index is 12.6. The first-order valence-electron chi connectivity index (χ1n) is 14.7. The van der Waals surface area contributed by atoms with Gasteiger partial charge in [0, 0.05) is 12.0 Å². The molecule has 3 aliphatic rings. The number of nitrogens with one attached hydrogen (secondary N) is 1. The predicted octanol–water partition coefficient (Wildman–Crippen LogP) is 5.68. The van der Waals surface area contributed by atoms with E-state index in [0.29, 0.717) is 24.4 Å². The van der Waals surface area contributed by atoms with Gasteiger partial charge in [0.25, 0.3) is 0 Å². The lowest BCUT2D eigenvalue weighted by Gasteiger charge is -2.50. The summed E-state index contributed by atoms with van der Waals surface area (Å²) in [6.07, 6.45) is 4.62. The van der Waals surface area contributed by atoms with Gasteiger partial charge in [0.2, 0.25) is 0 Å². The Morgan fingerprint density at radius 1 is 1.02 bits per heavy atom. The first-order valence-corrected chi connectivity index (χ1v) is 18.1. The summed E-state index contributed by atoms with van der Waals surface area (Å²) >= 11 is 0. The van der Waals surface area contributed by atoms with Gasteiger partial charge in [-0.05, 0) is 97.9 Å². The summed E-state index contributed by atoms with van der Waals surface area (Å²) in [5.74, 6) is 2.36. The van der Waals surface area contributed by atoms with Crippen molar-refractivity contribution in [3.05, 3.63) is 65.2 Å². The van der Waals surface area contributed by atoms with E-state index >= 15 is 0 Å². The smallest absolute Gasteiger partial charge is 0.407 e. The average Bonchev–Trinajstić information content (AvgIpc) is 3.26. The van der Waals surface area contributed by atoms with Crippen LogP contribution in [0, 0.1) is 17.3 Å². The van der Waals surface area contributed by atoms with E-state index in [1.165, 1.54) is 11.1 Å². The van der Waals surface area contributed by atoms with Gasteiger partial charge >= 0.3 is 21.3 Å². The van der Waals surface area contributed by atoms with E-state index in [1.807, 2.05) is 18.2 Å². The van der Waals surface area contributed by atoms with Crippen LogP contribution in [0.2, 0.25) is 0 Å². The zero-order valence-corrected chi connectivity index (χ0v) is 25.6. The molecule has 0 aromatic heterocycles. The number of ether oxygens (including phenoxy) is 2. The highest BCUT2D eigenvalue weighted by Crippen LogP contribution is 2.62. The number of amides is 1.